The predicted molar refractivity (Wildman–Crippen MR) is 143 cm³/mol. The Morgan fingerprint density at radius 3 is 2.79 bits per heavy atom. The molecule has 1 aliphatic heterocycles. The van der Waals surface area contributed by atoms with Crippen LogP contribution in [0.2, 0.25) is 0 Å². The molecule has 2 aromatic heterocycles. The summed E-state index contributed by atoms with van der Waals surface area (Å²) in [5.41, 5.74) is 9.79. The summed E-state index contributed by atoms with van der Waals surface area (Å²) in [5, 5.41) is 5.65. The number of likely N-dealkylation sites (tertiary alicyclic amines) is 1. The monoisotopic (exact) mass is 515 g/mol. The summed E-state index contributed by atoms with van der Waals surface area (Å²) in [7, 11) is 1.67. The molecule has 0 radical (unpaired) electrons. The van der Waals surface area contributed by atoms with Crippen molar-refractivity contribution < 1.29 is 14.0 Å². The fourth-order valence-corrected chi connectivity index (χ4v) is 5.18. The third-order valence-electron chi connectivity index (χ3n) is 7.18. The van der Waals surface area contributed by atoms with Crippen molar-refractivity contribution in [1.29, 1.82) is 0 Å². The maximum atomic E-state index is 14.1. The van der Waals surface area contributed by atoms with E-state index in [-0.39, 0.29) is 23.4 Å². The van der Waals surface area contributed by atoms with Gasteiger partial charge >= 0.3 is 0 Å². The topological polar surface area (TPSA) is 110 Å². The maximum absolute atomic E-state index is 14.1. The molecule has 5 rings (SSSR count). The lowest BCUT2D eigenvalue weighted by atomic mass is 9.95. The third-order valence-corrected chi connectivity index (χ3v) is 7.18. The summed E-state index contributed by atoms with van der Waals surface area (Å²) < 4.78 is 16.0. The zero-order chi connectivity index (χ0) is 26.8. The molecule has 1 aliphatic carbocycles. The van der Waals surface area contributed by atoms with E-state index in [0.29, 0.717) is 49.3 Å². The Hall–Kier alpha value is -4.34. The molecular formula is C28H30FN7O2. The van der Waals surface area contributed by atoms with Gasteiger partial charge in [0, 0.05) is 26.7 Å². The Labute approximate surface area is 220 Å². The summed E-state index contributed by atoms with van der Waals surface area (Å²) >= 11 is 0. The van der Waals surface area contributed by atoms with Gasteiger partial charge in [0.05, 0.1) is 17.0 Å². The number of aromatic nitrogens is 4. The molecule has 1 atom stereocenters. The molecule has 2 N–H and O–H groups in total. The molecule has 0 bridgehead atoms. The Morgan fingerprint density at radius 2 is 2.05 bits per heavy atom. The number of halogens is 1. The Kier molecular flexibility index (Phi) is 7.04. The van der Waals surface area contributed by atoms with Crippen LogP contribution in [0.3, 0.4) is 0 Å². The normalized spacial score (nSPS) is 17.6. The van der Waals surface area contributed by atoms with E-state index in [0.717, 1.165) is 29.7 Å². The molecule has 3 aromatic rings. The first-order chi connectivity index (χ1) is 18.4. The number of fused-ring (bicyclic) bond motifs is 1. The lowest BCUT2D eigenvalue weighted by Crippen LogP contribution is -2.40. The number of allylic oxidation sites excluding steroid dienone is 3. The maximum Gasteiger partial charge on any atom is 0.256 e. The number of nitrogens with zero attached hydrogens (tertiary/aromatic N) is 6. The van der Waals surface area contributed by atoms with Crippen molar-refractivity contribution in [3.8, 4) is 0 Å². The van der Waals surface area contributed by atoms with Crippen molar-refractivity contribution >= 4 is 34.2 Å². The van der Waals surface area contributed by atoms with E-state index in [4.69, 9.17) is 10.8 Å². The summed E-state index contributed by atoms with van der Waals surface area (Å²) in [6.45, 7) is 5.22. The van der Waals surface area contributed by atoms with Crippen LogP contribution in [0.1, 0.15) is 47.8 Å². The van der Waals surface area contributed by atoms with Gasteiger partial charge in [0.2, 0.25) is 5.91 Å². The van der Waals surface area contributed by atoms with Crippen LogP contribution in [0.5, 0.6) is 0 Å². The van der Waals surface area contributed by atoms with Gasteiger partial charge in [0.1, 0.15) is 23.7 Å². The van der Waals surface area contributed by atoms with Gasteiger partial charge in [0.15, 0.2) is 5.65 Å². The van der Waals surface area contributed by atoms with Crippen LogP contribution in [-0.2, 0) is 4.79 Å². The molecule has 1 aromatic carbocycles. The summed E-state index contributed by atoms with van der Waals surface area (Å²) in [6, 6.07) is 5.97. The van der Waals surface area contributed by atoms with Gasteiger partial charge in [-0.05, 0) is 49.5 Å². The minimum absolute atomic E-state index is 0.0356. The molecule has 196 valence electrons. The first-order valence-electron chi connectivity index (χ1n) is 12.7. The van der Waals surface area contributed by atoms with Gasteiger partial charge in [-0.15, -0.1) is 0 Å². The van der Waals surface area contributed by atoms with Crippen LogP contribution in [0.25, 0.3) is 16.6 Å². The standard InChI is InChI=1S/C28H30FN7O2/c1-3-23(37)35-14-6-7-20(16-35)36-27-24(26(30)31-17-32-27)25(33-36)19-12-10-18(11-13-19)15-34(2)28(38)21-8-4-5-9-22(21)29/h3-5,8-10,12,17,20H,1,6-7,11,13-16H2,2H3,(H2,30,31,32)/t20-/m1/s1. The summed E-state index contributed by atoms with van der Waals surface area (Å²) in [5.74, 6) is -0.616. The van der Waals surface area contributed by atoms with Gasteiger partial charge in [-0.25, -0.2) is 19.0 Å². The smallest absolute Gasteiger partial charge is 0.256 e. The number of anilines is 1. The minimum Gasteiger partial charge on any atom is -0.383 e. The molecule has 0 saturated carbocycles. The van der Waals surface area contributed by atoms with Crippen LogP contribution in [-0.4, -0.2) is 68.0 Å². The van der Waals surface area contributed by atoms with Crippen LogP contribution in [0, 0.1) is 5.82 Å². The largest absolute Gasteiger partial charge is 0.383 e. The fourth-order valence-electron chi connectivity index (χ4n) is 5.18. The summed E-state index contributed by atoms with van der Waals surface area (Å²) in [6.07, 6.45) is 9.89. The number of hydrogen-bond donors (Lipinski definition) is 1. The van der Waals surface area contributed by atoms with Gasteiger partial charge < -0.3 is 15.5 Å². The number of nitrogen functional groups attached to an aromatic ring is 1. The number of likely N-dealkylation sites (N-methyl/N-ethyl adjacent to an activating group) is 1. The number of piperidine rings is 1. The first-order valence-corrected chi connectivity index (χ1v) is 12.7. The van der Waals surface area contributed by atoms with E-state index >= 15 is 0 Å². The van der Waals surface area contributed by atoms with E-state index in [1.54, 1.807) is 24.1 Å². The highest BCUT2D eigenvalue weighted by Gasteiger charge is 2.29. The fraction of sp³-hybridized carbons (Fsp3) is 0.321. The Morgan fingerprint density at radius 1 is 1.24 bits per heavy atom. The Balaban J connectivity index is 1.40. The quantitative estimate of drug-likeness (QED) is 0.501. The molecule has 2 aliphatic rings. The highest BCUT2D eigenvalue weighted by atomic mass is 19.1. The summed E-state index contributed by atoms with van der Waals surface area (Å²) in [4.78, 5) is 37.0. The molecule has 38 heavy (non-hydrogen) atoms. The second kappa shape index (κ2) is 10.6. The Bertz CT molecular complexity index is 1480. The van der Waals surface area contributed by atoms with Crippen molar-refractivity contribution in [3.63, 3.8) is 0 Å². The van der Waals surface area contributed by atoms with E-state index < -0.39 is 5.82 Å². The van der Waals surface area contributed by atoms with Crippen LogP contribution in [0.4, 0.5) is 10.2 Å². The number of benzene rings is 1. The van der Waals surface area contributed by atoms with Crippen molar-refractivity contribution in [2.24, 2.45) is 0 Å². The van der Waals surface area contributed by atoms with Gasteiger partial charge in [-0.2, -0.15) is 5.10 Å². The van der Waals surface area contributed by atoms with Crippen molar-refractivity contribution in [1.82, 2.24) is 29.5 Å². The zero-order valence-corrected chi connectivity index (χ0v) is 21.3. The average Bonchev–Trinajstić information content (AvgIpc) is 3.34. The molecule has 1 saturated heterocycles. The van der Waals surface area contributed by atoms with Crippen LogP contribution < -0.4 is 5.73 Å². The number of nitrogens with two attached hydrogens (primary N) is 1. The molecule has 9 nitrogen and oxygen atoms in total. The van der Waals surface area contributed by atoms with Crippen molar-refractivity contribution in [2.75, 3.05) is 32.4 Å². The molecule has 0 unspecified atom stereocenters. The second-order valence-electron chi connectivity index (χ2n) is 9.69. The van der Waals surface area contributed by atoms with Crippen LogP contribution >= 0.6 is 0 Å². The highest BCUT2D eigenvalue weighted by molar-refractivity contribution is 5.96. The first kappa shape index (κ1) is 25.3. The number of hydrogen-bond acceptors (Lipinski definition) is 6. The highest BCUT2D eigenvalue weighted by Crippen LogP contribution is 2.35. The second-order valence-corrected chi connectivity index (χ2v) is 9.69. The zero-order valence-electron chi connectivity index (χ0n) is 21.3. The molecule has 0 spiro atoms. The van der Waals surface area contributed by atoms with Gasteiger partial charge in [0.25, 0.3) is 5.91 Å². The lowest BCUT2D eigenvalue weighted by Gasteiger charge is -2.32. The molecule has 2 amide bonds. The van der Waals surface area contributed by atoms with Crippen molar-refractivity contribution in [3.05, 3.63) is 78.0 Å². The van der Waals surface area contributed by atoms with Gasteiger partial charge in [-0.3, -0.25) is 9.59 Å². The third kappa shape index (κ3) is 4.81. The number of amides is 2. The molecular weight excluding hydrogens is 485 g/mol. The molecule has 10 heteroatoms. The lowest BCUT2D eigenvalue weighted by molar-refractivity contribution is -0.127. The molecule has 1 fully saturated rings. The van der Waals surface area contributed by atoms with E-state index in [9.17, 15) is 14.0 Å². The minimum atomic E-state index is -0.527. The van der Waals surface area contributed by atoms with E-state index in [2.05, 4.69) is 16.5 Å². The predicted octanol–water partition coefficient (Wildman–Crippen LogP) is 3.77. The number of carbonyl (C=O) groups is 2. The number of carbonyl (C=O) groups excluding carboxylic acids is 2. The van der Waals surface area contributed by atoms with Crippen LogP contribution in [0.15, 0.2) is 61.0 Å². The average molecular weight is 516 g/mol. The molecule has 3 heterocycles. The number of rotatable bonds is 6. The van der Waals surface area contributed by atoms with E-state index in [1.165, 1.54) is 29.4 Å². The van der Waals surface area contributed by atoms with E-state index in [1.807, 2.05) is 16.8 Å². The van der Waals surface area contributed by atoms with Gasteiger partial charge in [-0.1, -0.05) is 36.4 Å². The van der Waals surface area contributed by atoms with Crippen molar-refractivity contribution in [2.45, 2.75) is 31.7 Å². The SMILES string of the molecule is C=CC(=O)N1CCC[C@@H](n2nc(C3=CC=C(CN(C)C(=O)c4ccccc4F)CC3)c3c(N)ncnc32)C1.